The van der Waals surface area contributed by atoms with Crippen LogP contribution in [0, 0.1) is 0 Å². The molecule has 1 amide bonds. The number of para-hydroxylation sites is 1. The lowest BCUT2D eigenvalue weighted by Crippen LogP contribution is -2.21. The third kappa shape index (κ3) is 4.28. The maximum Gasteiger partial charge on any atom is 0.256 e. The highest BCUT2D eigenvalue weighted by Gasteiger charge is 2.15. The number of benzene rings is 2. The van der Waals surface area contributed by atoms with Gasteiger partial charge in [0.1, 0.15) is 0 Å². The Morgan fingerprint density at radius 3 is 2.45 bits per heavy atom. The topological polar surface area (TPSA) is 63.1 Å². The lowest BCUT2D eigenvalue weighted by atomic mass is 10.0. The molecule has 0 aliphatic rings. The van der Waals surface area contributed by atoms with Crippen LogP contribution in [0.25, 0.3) is 22.2 Å². The smallest absolute Gasteiger partial charge is 0.256 e. The molecule has 158 valence electrons. The standard InChI is InChI=1S/C25H27N5O/c1-4-29(5-2)20-13-11-19(12-14-20)27-25(31)22-15-24(18-16-26-30(6-3)17-18)28-23-10-8-7-9-21(22)23/h7-17H,4-6H2,1-3H3,(H,27,31). The van der Waals surface area contributed by atoms with E-state index in [4.69, 9.17) is 4.98 Å². The molecule has 0 bridgehead atoms. The third-order valence-electron chi connectivity index (χ3n) is 5.47. The second-order valence-electron chi connectivity index (χ2n) is 7.33. The second-order valence-corrected chi connectivity index (χ2v) is 7.33. The minimum Gasteiger partial charge on any atom is -0.372 e. The molecule has 2 aromatic carbocycles. The van der Waals surface area contributed by atoms with Crippen molar-refractivity contribution < 1.29 is 4.79 Å². The van der Waals surface area contributed by atoms with Gasteiger partial charge in [-0.05, 0) is 57.2 Å². The molecule has 0 saturated carbocycles. The van der Waals surface area contributed by atoms with Crippen molar-refractivity contribution in [2.24, 2.45) is 0 Å². The average molecular weight is 414 g/mol. The number of anilines is 2. The van der Waals surface area contributed by atoms with E-state index in [2.05, 4.69) is 29.2 Å². The monoisotopic (exact) mass is 413 g/mol. The molecule has 0 aliphatic heterocycles. The zero-order valence-electron chi connectivity index (χ0n) is 18.2. The van der Waals surface area contributed by atoms with Crippen LogP contribution >= 0.6 is 0 Å². The zero-order valence-corrected chi connectivity index (χ0v) is 18.2. The predicted molar refractivity (Wildman–Crippen MR) is 127 cm³/mol. The number of pyridine rings is 1. The van der Waals surface area contributed by atoms with Crippen molar-refractivity contribution in [2.75, 3.05) is 23.3 Å². The van der Waals surface area contributed by atoms with Gasteiger partial charge in [0.05, 0.1) is 23.0 Å². The van der Waals surface area contributed by atoms with Gasteiger partial charge in [-0.3, -0.25) is 9.48 Å². The van der Waals surface area contributed by atoms with E-state index in [0.29, 0.717) is 5.56 Å². The van der Waals surface area contributed by atoms with Crippen LogP contribution in [0.1, 0.15) is 31.1 Å². The summed E-state index contributed by atoms with van der Waals surface area (Å²) in [5.41, 5.74) is 4.92. The largest absolute Gasteiger partial charge is 0.372 e. The number of carbonyl (C=O) groups is 1. The van der Waals surface area contributed by atoms with Crippen molar-refractivity contribution in [1.29, 1.82) is 0 Å². The number of amides is 1. The van der Waals surface area contributed by atoms with Crippen LogP contribution in [-0.2, 0) is 6.54 Å². The Labute approximate surface area is 182 Å². The molecule has 0 unspecified atom stereocenters. The molecule has 0 spiro atoms. The Morgan fingerprint density at radius 1 is 1.03 bits per heavy atom. The van der Waals surface area contributed by atoms with Gasteiger partial charge in [-0.2, -0.15) is 5.10 Å². The summed E-state index contributed by atoms with van der Waals surface area (Å²) in [6, 6.07) is 17.5. The summed E-state index contributed by atoms with van der Waals surface area (Å²) in [6.45, 7) is 8.98. The van der Waals surface area contributed by atoms with E-state index in [1.807, 2.05) is 72.4 Å². The molecule has 4 aromatic rings. The van der Waals surface area contributed by atoms with Gasteiger partial charge in [0.25, 0.3) is 5.91 Å². The van der Waals surface area contributed by atoms with Crippen molar-refractivity contribution in [1.82, 2.24) is 14.8 Å². The van der Waals surface area contributed by atoms with Crippen LogP contribution in [0.15, 0.2) is 67.0 Å². The van der Waals surface area contributed by atoms with Gasteiger partial charge >= 0.3 is 0 Å². The molecule has 0 aliphatic carbocycles. The van der Waals surface area contributed by atoms with Crippen LogP contribution in [0.5, 0.6) is 0 Å². The number of hydrogen-bond acceptors (Lipinski definition) is 4. The normalized spacial score (nSPS) is 10.9. The van der Waals surface area contributed by atoms with Crippen molar-refractivity contribution >= 4 is 28.2 Å². The molecule has 1 N–H and O–H groups in total. The Balaban J connectivity index is 1.67. The first-order chi connectivity index (χ1) is 15.1. The summed E-state index contributed by atoms with van der Waals surface area (Å²) < 4.78 is 1.85. The van der Waals surface area contributed by atoms with Crippen molar-refractivity contribution in [3.63, 3.8) is 0 Å². The highest BCUT2D eigenvalue weighted by molar-refractivity contribution is 6.13. The van der Waals surface area contributed by atoms with E-state index in [0.717, 1.165) is 53.2 Å². The van der Waals surface area contributed by atoms with Gasteiger partial charge in [-0.15, -0.1) is 0 Å². The van der Waals surface area contributed by atoms with Gasteiger partial charge in [-0.25, -0.2) is 4.98 Å². The van der Waals surface area contributed by atoms with E-state index >= 15 is 0 Å². The highest BCUT2D eigenvalue weighted by atomic mass is 16.1. The summed E-state index contributed by atoms with van der Waals surface area (Å²) in [5, 5.41) is 8.21. The molecule has 0 atom stereocenters. The summed E-state index contributed by atoms with van der Waals surface area (Å²) >= 11 is 0. The number of nitrogens with zero attached hydrogens (tertiary/aromatic N) is 4. The molecular formula is C25H27N5O. The Kier molecular flexibility index (Phi) is 5.98. The number of aromatic nitrogens is 3. The van der Waals surface area contributed by atoms with E-state index in [1.165, 1.54) is 0 Å². The number of aryl methyl sites for hydroxylation is 1. The second kappa shape index (κ2) is 9.00. The SMILES string of the molecule is CCN(CC)c1ccc(NC(=O)c2cc(-c3cnn(CC)c3)nc3ccccc23)cc1. The average Bonchev–Trinajstić information content (AvgIpc) is 3.29. The van der Waals surface area contributed by atoms with E-state index < -0.39 is 0 Å². The van der Waals surface area contributed by atoms with E-state index in [1.54, 1.807) is 6.20 Å². The molecule has 0 fully saturated rings. The Bertz CT molecular complexity index is 1190. The maximum absolute atomic E-state index is 13.2. The summed E-state index contributed by atoms with van der Waals surface area (Å²) in [6.07, 6.45) is 3.74. The third-order valence-corrected chi connectivity index (χ3v) is 5.47. The van der Waals surface area contributed by atoms with Crippen LogP contribution in [0.4, 0.5) is 11.4 Å². The molecule has 0 saturated heterocycles. The number of rotatable bonds is 7. The van der Waals surface area contributed by atoms with Crippen molar-refractivity contribution in [2.45, 2.75) is 27.3 Å². The fourth-order valence-corrected chi connectivity index (χ4v) is 3.72. The molecule has 31 heavy (non-hydrogen) atoms. The van der Waals surface area contributed by atoms with E-state index in [9.17, 15) is 4.79 Å². The van der Waals surface area contributed by atoms with Gasteiger partial charge in [0.2, 0.25) is 0 Å². The number of hydrogen-bond donors (Lipinski definition) is 1. The molecule has 2 aromatic heterocycles. The summed E-state index contributed by atoms with van der Waals surface area (Å²) in [7, 11) is 0. The molecule has 4 rings (SSSR count). The summed E-state index contributed by atoms with van der Waals surface area (Å²) in [4.78, 5) is 20.3. The minimum absolute atomic E-state index is 0.154. The highest BCUT2D eigenvalue weighted by Crippen LogP contribution is 2.26. The fraction of sp³-hybridized carbons (Fsp3) is 0.240. The Hall–Kier alpha value is -3.67. The van der Waals surface area contributed by atoms with Gasteiger partial charge < -0.3 is 10.2 Å². The van der Waals surface area contributed by atoms with Crippen LogP contribution in [-0.4, -0.2) is 33.8 Å². The lowest BCUT2D eigenvalue weighted by Gasteiger charge is -2.21. The maximum atomic E-state index is 13.2. The minimum atomic E-state index is -0.154. The molecule has 6 heteroatoms. The number of nitrogens with one attached hydrogen (secondary N) is 1. The molecule has 2 heterocycles. The molecule has 6 nitrogen and oxygen atoms in total. The number of carbonyl (C=O) groups excluding carboxylic acids is 1. The van der Waals surface area contributed by atoms with Gasteiger partial charge in [0, 0.05) is 48.2 Å². The van der Waals surface area contributed by atoms with Crippen LogP contribution in [0.2, 0.25) is 0 Å². The van der Waals surface area contributed by atoms with Crippen LogP contribution in [0.3, 0.4) is 0 Å². The van der Waals surface area contributed by atoms with Crippen molar-refractivity contribution in [3.05, 3.63) is 72.6 Å². The van der Waals surface area contributed by atoms with Gasteiger partial charge in [0.15, 0.2) is 0 Å². The molecular weight excluding hydrogens is 386 g/mol. The first-order valence-corrected chi connectivity index (χ1v) is 10.7. The lowest BCUT2D eigenvalue weighted by molar-refractivity contribution is 0.102. The first kappa shape index (κ1) is 20.6. The Morgan fingerprint density at radius 2 is 1.77 bits per heavy atom. The van der Waals surface area contributed by atoms with Crippen molar-refractivity contribution in [3.8, 4) is 11.3 Å². The zero-order chi connectivity index (χ0) is 21.8. The fourth-order valence-electron chi connectivity index (χ4n) is 3.72. The predicted octanol–water partition coefficient (Wildman–Crippen LogP) is 5.22. The molecule has 0 radical (unpaired) electrons. The number of fused-ring (bicyclic) bond motifs is 1. The summed E-state index contributed by atoms with van der Waals surface area (Å²) in [5.74, 6) is -0.154. The quantitative estimate of drug-likeness (QED) is 0.451. The first-order valence-electron chi connectivity index (χ1n) is 10.7. The van der Waals surface area contributed by atoms with Crippen LogP contribution < -0.4 is 10.2 Å². The van der Waals surface area contributed by atoms with E-state index in [-0.39, 0.29) is 5.91 Å². The van der Waals surface area contributed by atoms with Gasteiger partial charge in [-0.1, -0.05) is 18.2 Å².